The highest BCUT2D eigenvalue weighted by atomic mass is 32.2. The molecule has 0 radical (unpaired) electrons. The standard InChI is InChI=1S/C26H28N4O4S2/c1-6-22-23(18-9-12-20(33-4)21(13-18)34-5)29-30(26(32)36-22)14-17-7-10-19(11-8-17)28-25(31)24-15(2)27-16(3)35-24/h7-13,22H,6,14H2,1-5H3,(H,28,31). The number of thiazole rings is 1. The van der Waals surface area contributed by atoms with Crippen molar-refractivity contribution in [1.82, 2.24) is 9.99 Å². The van der Waals surface area contributed by atoms with Crippen molar-refractivity contribution in [2.75, 3.05) is 19.5 Å². The van der Waals surface area contributed by atoms with Gasteiger partial charge >= 0.3 is 5.24 Å². The Labute approximate surface area is 218 Å². The molecule has 1 unspecified atom stereocenters. The first kappa shape index (κ1) is 25.7. The fourth-order valence-electron chi connectivity index (χ4n) is 3.89. The minimum absolute atomic E-state index is 0.0525. The number of nitrogens with one attached hydrogen (secondary N) is 1. The molecule has 2 aromatic carbocycles. The number of aromatic nitrogens is 1. The van der Waals surface area contributed by atoms with Gasteiger partial charge in [0.25, 0.3) is 5.91 Å². The molecule has 1 aliphatic heterocycles. The van der Waals surface area contributed by atoms with Crippen LogP contribution in [0, 0.1) is 13.8 Å². The molecule has 1 atom stereocenters. The number of methoxy groups -OCH3 is 2. The van der Waals surface area contributed by atoms with Crippen LogP contribution in [0.25, 0.3) is 0 Å². The van der Waals surface area contributed by atoms with Gasteiger partial charge in [0, 0.05) is 11.3 Å². The van der Waals surface area contributed by atoms with Crippen molar-refractivity contribution in [3.63, 3.8) is 0 Å². The van der Waals surface area contributed by atoms with Crippen molar-refractivity contribution in [3.05, 3.63) is 69.2 Å². The predicted octanol–water partition coefficient (Wildman–Crippen LogP) is 5.88. The molecule has 0 fully saturated rings. The van der Waals surface area contributed by atoms with Gasteiger partial charge in [-0.05, 0) is 56.2 Å². The van der Waals surface area contributed by atoms with E-state index >= 15 is 0 Å². The predicted molar refractivity (Wildman–Crippen MR) is 145 cm³/mol. The molecule has 1 N–H and O–H groups in total. The lowest BCUT2D eigenvalue weighted by atomic mass is 10.0. The van der Waals surface area contributed by atoms with Crippen molar-refractivity contribution >= 4 is 45.6 Å². The highest BCUT2D eigenvalue weighted by Gasteiger charge is 2.30. The second-order valence-electron chi connectivity index (χ2n) is 8.19. The van der Waals surface area contributed by atoms with Crippen LogP contribution in [0.15, 0.2) is 47.6 Å². The summed E-state index contributed by atoms with van der Waals surface area (Å²) in [6, 6.07) is 13.1. The molecule has 36 heavy (non-hydrogen) atoms. The number of hydrogen-bond donors (Lipinski definition) is 1. The third-order valence-corrected chi connectivity index (χ3v) is 8.02. The number of amides is 2. The minimum Gasteiger partial charge on any atom is -0.493 e. The third kappa shape index (κ3) is 5.55. The Morgan fingerprint density at radius 1 is 1.08 bits per heavy atom. The quantitative estimate of drug-likeness (QED) is 0.395. The third-order valence-electron chi connectivity index (χ3n) is 5.69. The summed E-state index contributed by atoms with van der Waals surface area (Å²) in [5.41, 5.74) is 4.01. The maximum absolute atomic E-state index is 12.8. The van der Waals surface area contributed by atoms with Crippen molar-refractivity contribution in [2.45, 2.75) is 39.0 Å². The van der Waals surface area contributed by atoms with Crippen LogP contribution in [0.2, 0.25) is 0 Å². The van der Waals surface area contributed by atoms with Crippen LogP contribution in [0.3, 0.4) is 0 Å². The van der Waals surface area contributed by atoms with E-state index in [1.807, 2.05) is 63.2 Å². The minimum atomic E-state index is -0.178. The Morgan fingerprint density at radius 3 is 2.42 bits per heavy atom. The summed E-state index contributed by atoms with van der Waals surface area (Å²) in [5, 5.41) is 9.85. The maximum atomic E-state index is 12.8. The molecule has 3 aromatic rings. The Kier molecular flexibility index (Phi) is 7.95. The smallest absolute Gasteiger partial charge is 0.302 e. The molecular formula is C26H28N4O4S2. The van der Waals surface area contributed by atoms with E-state index in [4.69, 9.17) is 14.6 Å². The van der Waals surface area contributed by atoms with E-state index in [9.17, 15) is 9.59 Å². The van der Waals surface area contributed by atoms with E-state index in [0.29, 0.717) is 28.6 Å². The molecule has 188 valence electrons. The second-order valence-corrected chi connectivity index (χ2v) is 10.5. The molecule has 0 aliphatic carbocycles. The summed E-state index contributed by atoms with van der Waals surface area (Å²) in [5.74, 6) is 1.07. The van der Waals surface area contributed by atoms with Gasteiger partial charge < -0.3 is 14.8 Å². The highest BCUT2D eigenvalue weighted by Crippen LogP contribution is 2.33. The normalized spacial score (nSPS) is 15.5. The van der Waals surface area contributed by atoms with Crippen LogP contribution in [-0.2, 0) is 6.54 Å². The summed E-state index contributed by atoms with van der Waals surface area (Å²) >= 11 is 2.65. The van der Waals surface area contributed by atoms with Crippen molar-refractivity contribution in [2.24, 2.45) is 5.10 Å². The molecule has 2 amide bonds. The number of aryl methyl sites for hydroxylation is 2. The van der Waals surface area contributed by atoms with Gasteiger partial charge in [-0.2, -0.15) is 5.10 Å². The zero-order valence-electron chi connectivity index (χ0n) is 20.8. The lowest BCUT2D eigenvalue weighted by Gasteiger charge is -2.28. The zero-order chi connectivity index (χ0) is 25.8. The van der Waals surface area contributed by atoms with E-state index < -0.39 is 0 Å². The van der Waals surface area contributed by atoms with Crippen LogP contribution in [-0.4, -0.2) is 46.3 Å². The fraction of sp³-hybridized carbons (Fsp3) is 0.308. The number of carbonyl (C=O) groups is 2. The number of anilines is 1. The van der Waals surface area contributed by atoms with Crippen molar-refractivity contribution in [1.29, 1.82) is 0 Å². The van der Waals surface area contributed by atoms with Gasteiger partial charge in [-0.15, -0.1) is 11.3 Å². The van der Waals surface area contributed by atoms with E-state index in [0.717, 1.165) is 34.0 Å². The van der Waals surface area contributed by atoms with Crippen LogP contribution >= 0.6 is 23.1 Å². The molecule has 1 aliphatic rings. The lowest BCUT2D eigenvalue weighted by molar-refractivity contribution is 0.102. The molecule has 0 bridgehead atoms. The van der Waals surface area contributed by atoms with Gasteiger partial charge in [0.15, 0.2) is 11.5 Å². The summed E-state index contributed by atoms with van der Waals surface area (Å²) < 4.78 is 10.8. The van der Waals surface area contributed by atoms with E-state index in [2.05, 4.69) is 10.3 Å². The average Bonchev–Trinajstić information content (AvgIpc) is 3.23. The largest absolute Gasteiger partial charge is 0.493 e. The Hall–Kier alpha value is -3.37. The van der Waals surface area contributed by atoms with E-state index in [-0.39, 0.29) is 16.4 Å². The average molecular weight is 525 g/mol. The second kappa shape index (κ2) is 11.1. The van der Waals surface area contributed by atoms with Gasteiger partial charge in [0.1, 0.15) is 4.88 Å². The van der Waals surface area contributed by atoms with Crippen molar-refractivity contribution < 1.29 is 19.1 Å². The van der Waals surface area contributed by atoms with Gasteiger partial charge in [-0.25, -0.2) is 9.99 Å². The summed E-state index contributed by atoms with van der Waals surface area (Å²) in [7, 11) is 3.19. The number of thioether (sulfide) groups is 1. The molecule has 0 saturated heterocycles. The van der Waals surface area contributed by atoms with Crippen LogP contribution in [0.4, 0.5) is 10.5 Å². The number of hydrazone groups is 1. The number of hydrogen-bond acceptors (Lipinski definition) is 8. The van der Waals surface area contributed by atoms with Crippen LogP contribution < -0.4 is 14.8 Å². The molecule has 0 spiro atoms. The lowest BCUT2D eigenvalue weighted by Crippen LogP contribution is -2.34. The summed E-state index contributed by atoms with van der Waals surface area (Å²) in [4.78, 5) is 30.3. The Morgan fingerprint density at radius 2 is 1.81 bits per heavy atom. The van der Waals surface area contributed by atoms with E-state index in [1.54, 1.807) is 14.2 Å². The molecule has 8 nitrogen and oxygen atoms in total. The number of rotatable bonds is 8. The van der Waals surface area contributed by atoms with Crippen LogP contribution in [0.1, 0.15) is 44.8 Å². The fourth-order valence-corrected chi connectivity index (χ4v) is 5.63. The van der Waals surface area contributed by atoms with Crippen LogP contribution in [0.5, 0.6) is 11.5 Å². The monoisotopic (exact) mass is 524 g/mol. The van der Waals surface area contributed by atoms with E-state index in [1.165, 1.54) is 28.1 Å². The molecule has 10 heteroatoms. The summed E-state index contributed by atoms with van der Waals surface area (Å²) in [6.45, 7) is 6.07. The zero-order valence-corrected chi connectivity index (χ0v) is 22.5. The maximum Gasteiger partial charge on any atom is 0.302 e. The Balaban J connectivity index is 1.52. The molecule has 2 heterocycles. The number of nitrogens with zero attached hydrogens (tertiary/aromatic N) is 3. The highest BCUT2D eigenvalue weighted by molar-refractivity contribution is 8.14. The first-order chi connectivity index (χ1) is 17.3. The first-order valence-corrected chi connectivity index (χ1v) is 13.2. The number of ether oxygens (including phenoxy) is 2. The van der Waals surface area contributed by atoms with Gasteiger partial charge in [-0.3, -0.25) is 9.59 Å². The first-order valence-electron chi connectivity index (χ1n) is 11.5. The topological polar surface area (TPSA) is 93.1 Å². The molecule has 0 saturated carbocycles. The molecular weight excluding hydrogens is 496 g/mol. The summed E-state index contributed by atoms with van der Waals surface area (Å²) in [6.07, 6.45) is 0.768. The molecule has 4 rings (SSSR count). The van der Waals surface area contributed by atoms with Crippen molar-refractivity contribution in [3.8, 4) is 11.5 Å². The van der Waals surface area contributed by atoms with Gasteiger partial charge in [-0.1, -0.05) is 30.8 Å². The van der Waals surface area contributed by atoms with Gasteiger partial charge in [0.2, 0.25) is 0 Å². The molecule has 1 aromatic heterocycles. The number of carbonyl (C=O) groups excluding carboxylic acids is 2. The number of benzene rings is 2. The Bertz CT molecular complexity index is 1300. The SMILES string of the molecule is CCC1SC(=O)N(Cc2ccc(NC(=O)c3sc(C)nc3C)cc2)N=C1c1ccc(OC)c(OC)c1. The van der Waals surface area contributed by atoms with Gasteiger partial charge in [0.05, 0.1) is 42.4 Å².